The van der Waals surface area contributed by atoms with E-state index in [1.54, 1.807) is 0 Å². The largest absolute Gasteiger partial charge is 0.213 e. The molecule has 0 atom stereocenters. The van der Waals surface area contributed by atoms with Crippen molar-refractivity contribution in [3.8, 4) is 22.4 Å². The molecule has 32 heavy (non-hydrogen) atoms. The Balaban J connectivity index is 1.77. The Morgan fingerprint density at radius 1 is 0.719 bits per heavy atom. The van der Waals surface area contributed by atoms with Crippen LogP contribution >= 0.6 is 0 Å². The second kappa shape index (κ2) is 8.20. The Morgan fingerprint density at radius 3 is 2.16 bits per heavy atom. The molecule has 1 heterocycles. The molecule has 1 saturated carbocycles. The van der Waals surface area contributed by atoms with Crippen molar-refractivity contribution in [3.63, 3.8) is 0 Å². The second-order valence-corrected chi connectivity index (χ2v) is 9.88. The molecule has 1 aromatic heterocycles. The number of pyridine rings is 1. The fraction of sp³-hybridized carbons (Fsp3) is 0.323. The average molecular weight is 421 g/mol. The Labute approximate surface area is 192 Å². The highest BCUT2D eigenvalue weighted by atomic mass is 14.9. The van der Waals surface area contributed by atoms with Gasteiger partial charge in [0.1, 0.15) is 7.05 Å². The molecule has 1 nitrogen and oxygen atoms in total. The molecule has 3 aromatic carbocycles. The Morgan fingerprint density at radius 2 is 1.44 bits per heavy atom. The molecule has 0 spiro atoms. The summed E-state index contributed by atoms with van der Waals surface area (Å²) in [6.45, 7) is 8.83. The molecule has 0 amide bonds. The minimum atomic E-state index is 0.677. The third-order valence-electron chi connectivity index (χ3n) is 7.59. The second-order valence-electron chi connectivity index (χ2n) is 9.88. The first-order valence-corrected chi connectivity index (χ1v) is 12.0. The smallest absolute Gasteiger partial charge is 0.194 e. The number of rotatable bonds is 3. The number of aryl methyl sites for hydroxylation is 4. The Kier molecular flexibility index (Phi) is 5.37. The highest BCUT2D eigenvalue weighted by Gasteiger charge is 2.25. The lowest BCUT2D eigenvalue weighted by Crippen LogP contribution is -2.32. The van der Waals surface area contributed by atoms with Gasteiger partial charge >= 0.3 is 0 Å². The van der Waals surface area contributed by atoms with E-state index in [-0.39, 0.29) is 0 Å². The van der Waals surface area contributed by atoms with E-state index in [1.807, 2.05) is 0 Å². The van der Waals surface area contributed by atoms with Gasteiger partial charge in [-0.3, -0.25) is 0 Å². The summed E-state index contributed by atoms with van der Waals surface area (Å²) >= 11 is 0. The van der Waals surface area contributed by atoms with E-state index in [2.05, 4.69) is 100.0 Å². The van der Waals surface area contributed by atoms with Crippen LogP contribution in [0.4, 0.5) is 0 Å². The van der Waals surface area contributed by atoms with Crippen LogP contribution in [0.2, 0.25) is 0 Å². The molecule has 0 N–H and O–H groups in total. The molecule has 0 unspecified atom stereocenters. The van der Waals surface area contributed by atoms with E-state index in [0.29, 0.717) is 5.92 Å². The van der Waals surface area contributed by atoms with Crippen molar-refractivity contribution in [2.45, 2.75) is 59.3 Å². The van der Waals surface area contributed by atoms with Gasteiger partial charge in [0.25, 0.3) is 0 Å². The predicted molar refractivity (Wildman–Crippen MR) is 136 cm³/mol. The fourth-order valence-electron chi connectivity index (χ4n) is 5.59. The first kappa shape index (κ1) is 20.9. The van der Waals surface area contributed by atoms with Crippen LogP contribution in [0.5, 0.6) is 0 Å². The van der Waals surface area contributed by atoms with Gasteiger partial charge in [-0.25, -0.2) is 0 Å². The summed E-state index contributed by atoms with van der Waals surface area (Å²) in [7, 11) is 2.24. The molecule has 0 aliphatic heterocycles. The van der Waals surface area contributed by atoms with Gasteiger partial charge in [-0.2, -0.15) is 4.57 Å². The standard InChI is InChI=1S/C31H34N/c1-20-10-12-24(13-11-20)26-18-29(25-8-6-7-9-25)27-14-15-30(32(5)31(27)19-26)28-17-21(2)16-22(3)23(28)4/h10-19,25H,6-9H2,1-5H3/q+1. The van der Waals surface area contributed by atoms with Crippen LogP contribution in [0, 0.1) is 27.7 Å². The summed E-state index contributed by atoms with van der Waals surface area (Å²) in [5.74, 6) is 0.677. The molecule has 0 bridgehead atoms. The zero-order valence-corrected chi connectivity index (χ0v) is 20.1. The Hall–Kier alpha value is -2.93. The number of nitrogens with zero attached hydrogens (tertiary/aromatic N) is 1. The van der Waals surface area contributed by atoms with Gasteiger partial charge in [0.15, 0.2) is 0 Å². The van der Waals surface area contributed by atoms with Crippen molar-refractivity contribution < 1.29 is 4.57 Å². The summed E-state index contributed by atoms with van der Waals surface area (Å²) in [5.41, 5.74) is 13.5. The molecule has 5 rings (SSSR count). The molecule has 0 saturated heterocycles. The first-order chi connectivity index (χ1) is 15.4. The third-order valence-corrected chi connectivity index (χ3v) is 7.59. The van der Waals surface area contributed by atoms with Crippen molar-refractivity contribution in [2.75, 3.05) is 0 Å². The van der Waals surface area contributed by atoms with Crippen molar-refractivity contribution in [2.24, 2.45) is 7.05 Å². The van der Waals surface area contributed by atoms with Gasteiger partial charge in [0.05, 0.1) is 0 Å². The highest BCUT2D eigenvalue weighted by Crippen LogP contribution is 2.40. The maximum atomic E-state index is 2.48. The van der Waals surface area contributed by atoms with E-state index < -0.39 is 0 Å². The van der Waals surface area contributed by atoms with Crippen LogP contribution in [0.3, 0.4) is 0 Å². The summed E-state index contributed by atoms with van der Waals surface area (Å²) in [6, 6.07) is 23.2. The van der Waals surface area contributed by atoms with E-state index in [9.17, 15) is 0 Å². The molecule has 1 aliphatic rings. The number of benzene rings is 3. The SMILES string of the molecule is Cc1ccc(-c2cc(C3CCCC3)c3ccc(-c4cc(C)cc(C)c4C)[n+](C)c3c2)cc1. The summed E-state index contributed by atoms with van der Waals surface area (Å²) in [5, 5.41) is 1.42. The molecular formula is C31H34N+. The minimum absolute atomic E-state index is 0.677. The number of fused-ring (bicyclic) bond motifs is 1. The monoisotopic (exact) mass is 420 g/mol. The topological polar surface area (TPSA) is 3.88 Å². The zero-order valence-electron chi connectivity index (χ0n) is 20.1. The summed E-state index contributed by atoms with van der Waals surface area (Å²) in [4.78, 5) is 0. The molecule has 0 radical (unpaired) electrons. The van der Waals surface area contributed by atoms with Crippen LogP contribution < -0.4 is 4.57 Å². The van der Waals surface area contributed by atoms with E-state index in [0.717, 1.165) is 0 Å². The maximum absolute atomic E-state index is 2.48. The lowest BCUT2D eigenvalue weighted by atomic mass is 9.89. The normalized spacial score (nSPS) is 14.4. The maximum Gasteiger partial charge on any atom is 0.213 e. The lowest BCUT2D eigenvalue weighted by Gasteiger charge is -2.16. The molecule has 162 valence electrons. The van der Waals surface area contributed by atoms with Gasteiger partial charge in [-0.15, -0.1) is 0 Å². The summed E-state index contributed by atoms with van der Waals surface area (Å²) < 4.78 is 2.42. The lowest BCUT2D eigenvalue weighted by molar-refractivity contribution is -0.633. The van der Waals surface area contributed by atoms with Crippen LogP contribution in [-0.2, 0) is 7.05 Å². The molecule has 4 aromatic rings. The highest BCUT2D eigenvalue weighted by molar-refractivity contribution is 5.87. The molecule has 1 aliphatic carbocycles. The predicted octanol–water partition coefficient (Wildman–Crippen LogP) is 7.89. The van der Waals surface area contributed by atoms with Gasteiger partial charge in [-0.05, 0) is 92.5 Å². The molecule has 1 fully saturated rings. The Bertz CT molecular complexity index is 1310. The van der Waals surface area contributed by atoms with Crippen molar-refractivity contribution >= 4 is 10.9 Å². The van der Waals surface area contributed by atoms with Crippen LogP contribution in [-0.4, -0.2) is 0 Å². The van der Waals surface area contributed by atoms with E-state index in [4.69, 9.17) is 0 Å². The van der Waals surface area contributed by atoms with Crippen LogP contribution in [0.25, 0.3) is 33.3 Å². The van der Waals surface area contributed by atoms with Crippen molar-refractivity contribution in [3.05, 3.63) is 88.5 Å². The van der Waals surface area contributed by atoms with Gasteiger partial charge < -0.3 is 0 Å². The third kappa shape index (κ3) is 3.64. The number of hydrogen-bond acceptors (Lipinski definition) is 0. The van der Waals surface area contributed by atoms with Crippen molar-refractivity contribution in [1.29, 1.82) is 0 Å². The first-order valence-electron chi connectivity index (χ1n) is 12.0. The van der Waals surface area contributed by atoms with Crippen molar-refractivity contribution in [1.82, 2.24) is 0 Å². The summed E-state index contributed by atoms with van der Waals surface area (Å²) in [6.07, 6.45) is 5.34. The quantitative estimate of drug-likeness (QED) is 0.297. The number of aromatic nitrogens is 1. The zero-order chi connectivity index (χ0) is 22.4. The average Bonchev–Trinajstić information content (AvgIpc) is 3.31. The molecular weight excluding hydrogens is 386 g/mol. The minimum Gasteiger partial charge on any atom is -0.194 e. The van der Waals surface area contributed by atoms with Crippen LogP contribution in [0.1, 0.15) is 59.4 Å². The van der Waals surface area contributed by atoms with Crippen LogP contribution in [0.15, 0.2) is 60.7 Å². The van der Waals surface area contributed by atoms with E-state index in [1.165, 1.54) is 86.8 Å². The van der Waals surface area contributed by atoms with Gasteiger partial charge in [0.2, 0.25) is 11.2 Å². The fourth-order valence-corrected chi connectivity index (χ4v) is 5.59. The number of hydrogen-bond donors (Lipinski definition) is 0. The van der Waals surface area contributed by atoms with Gasteiger partial charge in [0, 0.05) is 23.1 Å². The molecule has 1 heteroatoms. The van der Waals surface area contributed by atoms with E-state index >= 15 is 0 Å². The van der Waals surface area contributed by atoms with Gasteiger partial charge in [-0.1, -0.05) is 54.3 Å².